The zero-order valence-electron chi connectivity index (χ0n) is 20.3. The second-order valence-corrected chi connectivity index (χ2v) is 10.6. The third kappa shape index (κ3) is 5.00. The lowest BCUT2D eigenvalue weighted by molar-refractivity contribution is -0.122. The SMILES string of the molecule is Cc1c(C(=O)N2CCN(c3ccc(F)cc3)CC2)sc2ncn(CC(=O)NC3CCCCC3)c(=O)c12. The van der Waals surface area contributed by atoms with E-state index < -0.39 is 0 Å². The zero-order chi connectivity index (χ0) is 25.2. The van der Waals surface area contributed by atoms with Crippen LogP contribution in [0.3, 0.4) is 0 Å². The van der Waals surface area contributed by atoms with Crippen molar-refractivity contribution in [3.05, 3.63) is 57.2 Å². The first kappa shape index (κ1) is 24.4. The highest BCUT2D eigenvalue weighted by atomic mass is 32.1. The van der Waals surface area contributed by atoms with E-state index in [1.807, 2.05) is 0 Å². The Balaban J connectivity index is 1.28. The van der Waals surface area contributed by atoms with Gasteiger partial charge in [0, 0.05) is 37.9 Å². The number of hydrogen-bond acceptors (Lipinski definition) is 6. The van der Waals surface area contributed by atoms with Crippen molar-refractivity contribution in [3.63, 3.8) is 0 Å². The Morgan fingerprint density at radius 2 is 1.78 bits per heavy atom. The van der Waals surface area contributed by atoms with Crippen LogP contribution in [0.2, 0.25) is 0 Å². The summed E-state index contributed by atoms with van der Waals surface area (Å²) in [5.74, 6) is -0.575. The van der Waals surface area contributed by atoms with E-state index >= 15 is 0 Å². The minimum absolute atomic E-state index is 0.0812. The number of nitrogens with zero attached hydrogens (tertiary/aromatic N) is 4. The van der Waals surface area contributed by atoms with Gasteiger partial charge in [0.25, 0.3) is 11.5 Å². The number of carbonyl (C=O) groups is 2. The highest BCUT2D eigenvalue weighted by Gasteiger charge is 2.27. The lowest BCUT2D eigenvalue weighted by Crippen LogP contribution is -2.48. The number of nitrogens with one attached hydrogen (secondary N) is 1. The Morgan fingerprint density at radius 1 is 1.08 bits per heavy atom. The average molecular weight is 512 g/mol. The lowest BCUT2D eigenvalue weighted by Gasteiger charge is -2.36. The fourth-order valence-electron chi connectivity index (χ4n) is 5.11. The molecule has 1 aliphatic carbocycles. The number of piperazine rings is 1. The molecule has 0 bridgehead atoms. The number of carbonyl (C=O) groups excluding carboxylic acids is 2. The van der Waals surface area contributed by atoms with Crippen molar-refractivity contribution >= 4 is 39.1 Å². The molecule has 0 unspecified atom stereocenters. The van der Waals surface area contributed by atoms with E-state index in [9.17, 15) is 18.8 Å². The zero-order valence-corrected chi connectivity index (χ0v) is 21.2. The molecule has 1 saturated heterocycles. The maximum Gasteiger partial charge on any atom is 0.264 e. The number of aryl methyl sites for hydroxylation is 1. The monoisotopic (exact) mass is 511 g/mol. The number of thiophene rings is 1. The summed E-state index contributed by atoms with van der Waals surface area (Å²) >= 11 is 1.22. The predicted octanol–water partition coefficient (Wildman–Crippen LogP) is 3.32. The Hall–Kier alpha value is -3.27. The van der Waals surface area contributed by atoms with E-state index in [1.54, 1.807) is 24.0 Å². The smallest absolute Gasteiger partial charge is 0.264 e. The molecule has 3 heterocycles. The van der Waals surface area contributed by atoms with Crippen molar-refractivity contribution < 1.29 is 14.0 Å². The van der Waals surface area contributed by atoms with Gasteiger partial charge in [-0.3, -0.25) is 19.0 Å². The van der Waals surface area contributed by atoms with Crippen molar-refractivity contribution in [1.29, 1.82) is 0 Å². The van der Waals surface area contributed by atoms with Gasteiger partial charge in [0.15, 0.2) is 0 Å². The largest absolute Gasteiger partial charge is 0.368 e. The number of benzene rings is 1. The molecule has 2 aliphatic rings. The summed E-state index contributed by atoms with van der Waals surface area (Å²) in [7, 11) is 0. The molecule has 36 heavy (non-hydrogen) atoms. The molecule has 2 aromatic heterocycles. The van der Waals surface area contributed by atoms with Gasteiger partial charge in [-0.15, -0.1) is 11.3 Å². The number of anilines is 1. The lowest BCUT2D eigenvalue weighted by atomic mass is 9.95. The van der Waals surface area contributed by atoms with Gasteiger partial charge in [0.05, 0.1) is 16.6 Å². The van der Waals surface area contributed by atoms with Gasteiger partial charge < -0.3 is 15.1 Å². The summed E-state index contributed by atoms with van der Waals surface area (Å²) in [4.78, 5) is 48.4. The maximum absolute atomic E-state index is 13.3. The fourth-order valence-corrected chi connectivity index (χ4v) is 6.22. The molecule has 1 saturated carbocycles. The van der Waals surface area contributed by atoms with E-state index in [2.05, 4.69) is 15.2 Å². The summed E-state index contributed by atoms with van der Waals surface area (Å²) in [6.45, 7) is 4.04. The average Bonchev–Trinajstić information content (AvgIpc) is 3.23. The number of hydrogen-bond donors (Lipinski definition) is 1. The van der Waals surface area contributed by atoms with Gasteiger partial charge in [0.2, 0.25) is 5.91 Å². The first-order valence-corrected chi connectivity index (χ1v) is 13.3. The normalized spacial score (nSPS) is 16.9. The van der Waals surface area contributed by atoms with E-state index in [-0.39, 0.29) is 35.8 Å². The molecule has 2 amide bonds. The molecule has 2 fully saturated rings. The van der Waals surface area contributed by atoms with Gasteiger partial charge >= 0.3 is 0 Å². The summed E-state index contributed by atoms with van der Waals surface area (Å²) in [5, 5.41) is 3.44. The molecule has 5 rings (SSSR count). The Labute approximate surface area is 212 Å². The summed E-state index contributed by atoms with van der Waals surface area (Å²) in [5.41, 5.74) is 1.24. The number of rotatable bonds is 5. The molecule has 190 valence electrons. The van der Waals surface area contributed by atoms with Crippen molar-refractivity contribution in [2.75, 3.05) is 31.1 Å². The van der Waals surface area contributed by atoms with E-state index in [0.717, 1.165) is 31.4 Å². The first-order chi connectivity index (χ1) is 17.4. The summed E-state index contributed by atoms with van der Waals surface area (Å²) < 4.78 is 14.6. The molecule has 0 radical (unpaired) electrons. The minimum atomic E-state index is -0.298. The maximum atomic E-state index is 13.3. The van der Waals surface area contributed by atoms with Crippen LogP contribution in [0.5, 0.6) is 0 Å². The standard InChI is InChI=1S/C26H30FN5O3S/c1-17-22-24(28-16-32(25(22)34)15-21(33)29-19-5-3-2-4-6-19)36-23(17)26(35)31-13-11-30(12-14-31)20-9-7-18(27)8-10-20/h7-10,16,19H,2-6,11-15H2,1H3,(H,29,33). The molecule has 0 spiro atoms. The van der Waals surface area contributed by atoms with Gasteiger partial charge in [-0.25, -0.2) is 9.37 Å². The van der Waals surface area contributed by atoms with E-state index in [4.69, 9.17) is 0 Å². The van der Waals surface area contributed by atoms with Crippen LogP contribution >= 0.6 is 11.3 Å². The Bertz CT molecular complexity index is 1320. The number of fused-ring (bicyclic) bond motifs is 1. The molecule has 3 aromatic rings. The third-order valence-corrected chi connectivity index (χ3v) is 8.34. The molecule has 0 atom stereocenters. The molecule has 10 heteroatoms. The minimum Gasteiger partial charge on any atom is -0.368 e. The van der Waals surface area contributed by atoms with Gasteiger partial charge in [-0.1, -0.05) is 19.3 Å². The first-order valence-electron chi connectivity index (χ1n) is 12.5. The van der Waals surface area contributed by atoms with E-state index in [0.29, 0.717) is 46.8 Å². The fraction of sp³-hybridized carbons (Fsp3) is 0.462. The highest BCUT2D eigenvalue weighted by Crippen LogP contribution is 2.29. The van der Waals surface area contributed by atoms with E-state index in [1.165, 1.54) is 40.8 Å². The molecule has 1 N–H and O–H groups in total. The van der Waals surface area contributed by atoms with Gasteiger partial charge in [0.1, 0.15) is 17.2 Å². The highest BCUT2D eigenvalue weighted by molar-refractivity contribution is 7.20. The number of amides is 2. The quantitative estimate of drug-likeness (QED) is 0.568. The van der Waals surface area contributed by atoms with Crippen LogP contribution < -0.4 is 15.8 Å². The van der Waals surface area contributed by atoms with Crippen LogP contribution in [-0.4, -0.2) is 58.5 Å². The molecule has 8 nitrogen and oxygen atoms in total. The van der Waals surface area contributed by atoms with Crippen molar-refractivity contribution in [3.8, 4) is 0 Å². The third-order valence-electron chi connectivity index (χ3n) is 7.15. The molecule has 1 aliphatic heterocycles. The number of aromatic nitrogens is 2. The van der Waals surface area contributed by atoms with Crippen LogP contribution in [0.4, 0.5) is 10.1 Å². The summed E-state index contributed by atoms with van der Waals surface area (Å²) in [6, 6.07) is 6.54. The van der Waals surface area contributed by atoms with Crippen LogP contribution in [0.1, 0.15) is 47.3 Å². The van der Waals surface area contributed by atoms with Crippen LogP contribution in [0.15, 0.2) is 35.4 Å². The second kappa shape index (κ2) is 10.4. The van der Waals surface area contributed by atoms with Crippen LogP contribution in [0.25, 0.3) is 10.2 Å². The second-order valence-electron chi connectivity index (χ2n) is 9.57. The topological polar surface area (TPSA) is 87.5 Å². The molecule has 1 aromatic carbocycles. The Kier molecular flexibility index (Phi) is 7.04. The number of halogens is 1. The van der Waals surface area contributed by atoms with Crippen molar-refractivity contribution in [1.82, 2.24) is 19.8 Å². The Morgan fingerprint density at radius 3 is 2.47 bits per heavy atom. The van der Waals surface area contributed by atoms with Crippen molar-refractivity contribution in [2.24, 2.45) is 0 Å². The van der Waals surface area contributed by atoms with Gasteiger partial charge in [-0.05, 0) is 49.6 Å². The molecular formula is C26H30FN5O3S. The van der Waals surface area contributed by atoms with Crippen LogP contribution in [-0.2, 0) is 11.3 Å². The molecular weight excluding hydrogens is 481 g/mol. The van der Waals surface area contributed by atoms with Crippen LogP contribution in [0, 0.1) is 12.7 Å². The predicted molar refractivity (Wildman–Crippen MR) is 138 cm³/mol. The van der Waals surface area contributed by atoms with Crippen molar-refractivity contribution in [2.45, 2.75) is 51.6 Å². The van der Waals surface area contributed by atoms with Gasteiger partial charge in [-0.2, -0.15) is 0 Å². The summed E-state index contributed by atoms with van der Waals surface area (Å²) in [6.07, 6.45) is 6.79.